The van der Waals surface area contributed by atoms with Crippen LogP contribution in [0.3, 0.4) is 0 Å². The fourth-order valence-electron chi connectivity index (χ4n) is 3.52. The van der Waals surface area contributed by atoms with Gasteiger partial charge < -0.3 is 9.47 Å². The van der Waals surface area contributed by atoms with E-state index in [0.29, 0.717) is 29.0 Å². The maximum absolute atomic E-state index is 12.6. The minimum atomic E-state index is -0.551. The van der Waals surface area contributed by atoms with Gasteiger partial charge in [0.15, 0.2) is 11.6 Å². The van der Waals surface area contributed by atoms with Crippen molar-refractivity contribution < 1.29 is 28.7 Å². The number of carbonyl (C=O) groups is 4. The molecule has 0 atom stereocenters. The zero-order valence-corrected chi connectivity index (χ0v) is 21.1. The van der Waals surface area contributed by atoms with Crippen molar-refractivity contribution in [3.05, 3.63) is 126 Å². The quantitative estimate of drug-likeness (QED) is 0.178. The number of hydrogen-bond acceptors (Lipinski definition) is 6. The lowest BCUT2D eigenvalue weighted by Crippen LogP contribution is -2.10. The standard InChI is InChI=1S/C32H28O6/c1-4-25-21-29(37-32(36)26-14-11-24(12-15-26)20-28(34)6-3)16-17-30(25)38-31(35)18-13-22-7-9-23(10-8-22)19-27(33)5-2/h5-18,21H,2-4,19-20H2,1H3/b18-13+. The second-order valence-electron chi connectivity index (χ2n) is 8.40. The summed E-state index contributed by atoms with van der Waals surface area (Å²) in [6.07, 6.45) is 6.56. The van der Waals surface area contributed by atoms with E-state index in [4.69, 9.17) is 9.47 Å². The second-order valence-corrected chi connectivity index (χ2v) is 8.40. The number of aryl methyl sites for hydroxylation is 1. The molecule has 0 aliphatic heterocycles. The van der Waals surface area contributed by atoms with Gasteiger partial charge in [0, 0.05) is 18.9 Å². The fourth-order valence-corrected chi connectivity index (χ4v) is 3.52. The summed E-state index contributed by atoms with van der Waals surface area (Å²) in [7, 11) is 0. The van der Waals surface area contributed by atoms with Crippen LogP contribution in [0.25, 0.3) is 6.08 Å². The molecule has 0 spiro atoms. The van der Waals surface area contributed by atoms with Crippen LogP contribution in [-0.2, 0) is 33.6 Å². The highest BCUT2D eigenvalue weighted by molar-refractivity contribution is 5.93. The number of benzene rings is 3. The van der Waals surface area contributed by atoms with Gasteiger partial charge in [-0.05, 0) is 77.2 Å². The molecular weight excluding hydrogens is 480 g/mol. The summed E-state index contributed by atoms with van der Waals surface area (Å²) in [6, 6.07) is 18.7. The topological polar surface area (TPSA) is 86.7 Å². The highest BCUT2D eigenvalue weighted by Gasteiger charge is 2.13. The highest BCUT2D eigenvalue weighted by Crippen LogP contribution is 2.26. The predicted molar refractivity (Wildman–Crippen MR) is 146 cm³/mol. The molecule has 0 bridgehead atoms. The molecule has 38 heavy (non-hydrogen) atoms. The molecule has 6 nitrogen and oxygen atoms in total. The Bertz CT molecular complexity index is 1380. The van der Waals surface area contributed by atoms with Gasteiger partial charge in [0.25, 0.3) is 0 Å². The number of ether oxygens (including phenoxy) is 2. The largest absolute Gasteiger partial charge is 0.423 e. The third-order valence-electron chi connectivity index (χ3n) is 5.63. The summed E-state index contributed by atoms with van der Waals surface area (Å²) in [5.74, 6) is -0.557. The van der Waals surface area contributed by atoms with E-state index in [1.807, 2.05) is 31.2 Å². The number of ketones is 2. The van der Waals surface area contributed by atoms with E-state index in [-0.39, 0.29) is 24.4 Å². The van der Waals surface area contributed by atoms with Crippen LogP contribution in [0.1, 0.15) is 39.5 Å². The average Bonchev–Trinajstić information content (AvgIpc) is 2.93. The van der Waals surface area contributed by atoms with E-state index in [2.05, 4.69) is 13.2 Å². The monoisotopic (exact) mass is 508 g/mol. The molecule has 0 saturated heterocycles. The summed E-state index contributed by atoms with van der Waals surface area (Å²) in [5, 5.41) is 0. The first-order valence-electron chi connectivity index (χ1n) is 12.0. The van der Waals surface area contributed by atoms with Crippen LogP contribution >= 0.6 is 0 Å². The molecular formula is C32H28O6. The van der Waals surface area contributed by atoms with Crippen LogP contribution < -0.4 is 9.47 Å². The van der Waals surface area contributed by atoms with Crippen molar-refractivity contribution in [3.63, 3.8) is 0 Å². The summed E-state index contributed by atoms with van der Waals surface area (Å²) < 4.78 is 11.0. The zero-order chi connectivity index (χ0) is 27.5. The molecule has 0 saturated carbocycles. The summed E-state index contributed by atoms with van der Waals surface area (Å²) in [5.41, 5.74) is 3.47. The first-order chi connectivity index (χ1) is 18.3. The predicted octanol–water partition coefficient (Wildman–Crippen LogP) is 5.68. The molecule has 0 aliphatic carbocycles. The van der Waals surface area contributed by atoms with Crippen LogP contribution in [0.15, 0.2) is 98.1 Å². The maximum atomic E-state index is 12.6. The van der Waals surface area contributed by atoms with Crippen molar-refractivity contribution in [2.45, 2.75) is 26.2 Å². The van der Waals surface area contributed by atoms with Crippen molar-refractivity contribution in [1.82, 2.24) is 0 Å². The summed E-state index contributed by atoms with van der Waals surface area (Å²) in [4.78, 5) is 47.9. The van der Waals surface area contributed by atoms with Crippen molar-refractivity contribution in [1.29, 1.82) is 0 Å². The van der Waals surface area contributed by atoms with Crippen molar-refractivity contribution in [2.24, 2.45) is 0 Å². The first kappa shape index (κ1) is 27.7. The molecule has 3 aromatic carbocycles. The average molecular weight is 509 g/mol. The van der Waals surface area contributed by atoms with Gasteiger partial charge in [0.05, 0.1) is 5.56 Å². The van der Waals surface area contributed by atoms with Gasteiger partial charge in [-0.25, -0.2) is 9.59 Å². The van der Waals surface area contributed by atoms with E-state index in [1.165, 1.54) is 18.2 Å². The lowest BCUT2D eigenvalue weighted by molar-refractivity contribution is -0.129. The van der Waals surface area contributed by atoms with Gasteiger partial charge in [0.2, 0.25) is 0 Å². The van der Waals surface area contributed by atoms with Crippen LogP contribution in [0.4, 0.5) is 0 Å². The molecule has 192 valence electrons. The molecule has 6 heteroatoms. The first-order valence-corrected chi connectivity index (χ1v) is 12.0. The summed E-state index contributed by atoms with van der Waals surface area (Å²) >= 11 is 0. The van der Waals surface area contributed by atoms with Gasteiger partial charge in [-0.1, -0.05) is 56.5 Å². The fraction of sp³-hybridized carbons (Fsp3) is 0.125. The van der Waals surface area contributed by atoms with Gasteiger partial charge >= 0.3 is 11.9 Å². The van der Waals surface area contributed by atoms with Gasteiger partial charge in [-0.3, -0.25) is 9.59 Å². The van der Waals surface area contributed by atoms with Crippen molar-refractivity contribution in [3.8, 4) is 11.5 Å². The zero-order valence-electron chi connectivity index (χ0n) is 21.1. The number of hydrogen-bond donors (Lipinski definition) is 0. The smallest absolute Gasteiger partial charge is 0.343 e. The van der Waals surface area contributed by atoms with Crippen LogP contribution in [0.2, 0.25) is 0 Å². The van der Waals surface area contributed by atoms with Gasteiger partial charge in [-0.15, -0.1) is 0 Å². The van der Waals surface area contributed by atoms with E-state index in [9.17, 15) is 19.2 Å². The van der Waals surface area contributed by atoms with Gasteiger partial charge in [0.1, 0.15) is 11.5 Å². The molecule has 0 heterocycles. The van der Waals surface area contributed by atoms with Crippen LogP contribution in [0.5, 0.6) is 11.5 Å². The normalized spacial score (nSPS) is 10.6. The Morgan fingerprint density at radius 3 is 1.89 bits per heavy atom. The highest BCUT2D eigenvalue weighted by atomic mass is 16.5. The molecule has 0 N–H and O–H groups in total. The number of allylic oxidation sites excluding steroid dienone is 2. The maximum Gasteiger partial charge on any atom is 0.343 e. The minimum Gasteiger partial charge on any atom is -0.423 e. The van der Waals surface area contributed by atoms with Crippen molar-refractivity contribution in [2.75, 3.05) is 0 Å². The lowest BCUT2D eigenvalue weighted by atomic mass is 10.1. The SMILES string of the molecule is C=CC(=O)Cc1ccc(/C=C/C(=O)Oc2ccc(OC(=O)c3ccc(CC(=O)C=C)cc3)cc2CC)cc1. The number of rotatable bonds is 12. The Kier molecular flexibility index (Phi) is 9.83. The van der Waals surface area contributed by atoms with Crippen LogP contribution in [0, 0.1) is 0 Å². The molecule has 0 fully saturated rings. The number of esters is 2. The van der Waals surface area contributed by atoms with E-state index >= 15 is 0 Å². The van der Waals surface area contributed by atoms with Crippen LogP contribution in [-0.4, -0.2) is 23.5 Å². The molecule has 0 aliphatic rings. The second kappa shape index (κ2) is 13.5. The molecule has 3 rings (SSSR count). The lowest BCUT2D eigenvalue weighted by Gasteiger charge is -2.10. The molecule has 0 radical (unpaired) electrons. The molecule has 0 unspecified atom stereocenters. The molecule has 0 amide bonds. The Hall–Kier alpha value is -4.84. The van der Waals surface area contributed by atoms with Gasteiger partial charge in [-0.2, -0.15) is 0 Å². The van der Waals surface area contributed by atoms with E-state index in [1.54, 1.807) is 48.5 Å². The van der Waals surface area contributed by atoms with E-state index < -0.39 is 11.9 Å². The Labute approximate surface area is 221 Å². The Morgan fingerprint density at radius 2 is 1.34 bits per heavy atom. The molecule has 0 aromatic heterocycles. The Balaban J connectivity index is 1.61. The van der Waals surface area contributed by atoms with E-state index in [0.717, 1.165) is 16.7 Å². The van der Waals surface area contributed by atoms with Crippen molar-refractivity contribution >= 4 is 29.6 Å². The summed E-state index contributed by atoms with van der Waals surface area (Å²) in [6.45, 7) is 8.82. The third-order valence-corrected chi connectivity index (χ3v) is 5.63. The molecule has 3 aromatic rings. The Morgan fingerprint density at radius 1 is 0.763 bits per heavy atom. The third kappa shape index (κ3) is 8.10. The minimum absolute atomic E-state index is 0.0586. The number of carbonyl (C=O) groups excluding carboxylic acids is 4.